The van der Waals surface area contributed by atoms with Gasteiger partial charge >= 0.3 is 0 Å². The van der Waals surface area contributed by atoms with Crippen LogP contribution in [0.15, 0.2) is 28.8 Å². The van der Waals surface area contributed by atoms with Gasteiger partial charge in [-0.25, -0.2) is 0 Å². The second-order valence-electron chi connectivity index (χ2n) is 5.16. The van der Waals surface area contributed by atoms with Gasteiger partial charge in [0.25, 0.3) is 5.89 Å². The Morgan fingerprint density at radius 1 is 1.38 bits per heavy atom. The first kappa shape index (κ1) is 13.8. The minimum Gasteiger partial charge on any atom is -0.381 e. The monoisotopic (exact) mass is 287 g/mol. The summed E-state index contributed by atoms with van der Waals surface area (Å²) in [6, 6.07) is 7.84. The molecule has 1 aromatic carbocycles. The molecule has 1 saturated heterocycles. The Kier molecular flexibility index (Phi) is 3.96. The van der Waals surface area contributed by atoms with Crippen molar-refractivity contribution in [2.75, 3.05) is 13.2 Å². The number of carbonyl (C=O) groups excluding carboxylic acids is 1. The van der Waals surface area contributed by atoms with E-state index in [0.29, 0.717) is 24.9 Å². The molecule has 21 heavy (non-hydrogen) atoms. The highest BCUT2D eigenvalue weighted by Crippen LogP contribution is 2.17. The van der Waals surface area contributed by atoms with Gasteiger partial charge in [0.05, 0.1) is 19.1 Å². The summed E-state index contributed by atoms with van der Waals surface area (Å²) >= 11 is 0. The fourth-order valence-electron chi connectivity index (χ4n) is 2.19. The molecule has 6 nitrogen and oxygen atoms in total. The third-order valence-corrected chi connectivity index (χ3v) is 3.49. The summed E-state index contributed by atoms with van der Waals surface area (Å²) in [6.45, 7) is 3.43. The number of ether oxygens (including phenoxy) is 1. The van der Waals surface area contributed by atoms with Crippen molar-refractivity contribution in [1.29, 1.82) is 0 Å². The first-order valence-corrected chi connectivity index (χ1v) is 6.97. The summed E-state index contributed by atoms with van der Waals surface area (Å²) in [6.07, 6.45) is 0.771. The van der Waals surface area contributed by atoms with E-state index in [2.05, 4.69) is 15.5 Å². The molecule has 1 aromatic heterocycles. The normalized spacial score (nSPS) is 17.9. The van der Waals surface area contributed by atoms with Gasteiger partial charge in [-0.05, 0) is 25.5 Å². The molecule has 1 atom stereocenters. The Morgan fingerprint density at radius 2 is 2.19 bits per heavy atom. The fraction of sp³-hybridized carbons (Fsp3) is 0.400. The lowest BCUT2D eigenvalue weighted by molar-refractivity contribution is -0.125. The topological polar surface area (TPSA) is 77.2 Å². The molecule has 2 heterocycles. The number of benzene rings is 1. The number of aromatic nitrogens is 2. The molecule has 1 N–H and O–H groups in total. The van der Waals surface area contributed by atoms with E-state index in [-0.39, 0.29) is 18.4 Å². The highest BCUT2D eigenvalue weighted by Gasteiger charge is 2.23. The van der Waals surface area contributed by atoms with Gasteiger partial charge < -0.3 is 14.6 Å². The van der Waals surface area contributed by atoms with E-state index in [1.807, 2.05) is 31.2 Å². The molecule has 0 bridgehead atoms. The summed E-state index contributed by atoms with van der Waals surface area (Å²) in [5.41, 5.74) is 2.04. The zero-order valence-corrected chi connectivity index (χ0v) is 11.8. The van der Waals surface area contributed by atoms with Gasteiger partial charge in [-0.3, -0.25) is 4.79 Å². The van der Waals surface area contributed by atoms with Crippen molar-refractivity contribution >= 4 is 5.91 Å². The van der Waals surface area contributed by atoms with Crippen molar-refractivity contribution in [3.63, 3.8) is 0 Å². The summed E-state index contributed by atoms with van der Waals surface area (Å²) in [5, 5.41) is 6.69. The van der Waals surface area contributed by atoms with Crippen LogP contribution >= 0.6 is 0 Å². The molecular formula is C15H17N3O3. The van der Waals surface area contributed by atoms with E-state index in [4.69, 9.17) is 9.26 Å². The van der Waals surface area contributed by atoms with Crippen molar-refractivity contribution in [3.05, 3.63) is 35.7 Å². The van der Waals surface area contributed by atoms with E-state index >= 15 is 0 Å². The van der Waals surface area contributed by atoms with Crippen molar-refractivity contribution in [2.24, 2.45) is 5.92 Å². The quantitative estimate of drug-likeness (QED) is 0.926. The lowest BCUT2D eigenvalue weighted by Crippen LogP contribution is -2.30. The van der Waals surface area contributed by atoms with Crippen molar-refractivity contribution < 1.29 is 14.1 Å². The highest BCUT2D eigenvalue weighted by atomic mass is 16.5. The van der Waals surface area contributed by atoms with Gasteiger partial charge in [0.2, 0.25) is 5.91 Å². The Bertz CT molecular complexity index is 615. The molecule has 0 radical (unpaired) electrons. The Morgan fingerprint density at radius 3 is 2.90 bits per heavy atom. The molecule has 0 saturated carbocycles. The molecule has 1 aliphatic heterocycles. The second kappa shape index (κ2) is 6.05. The smallest absolute Gasteiger partial charge is 0.257 e. The van der Waals surface area contributed by atoms with Crippen LogP contribution in [0.1, 0.15) is 17.8 Å². The molecule has 1 amide bonds. The van der Waals surface area contributed by atoms with E-state index in [1.165, 1.54) is 5.56 Å². The number of nitrogens with zero attached hydrogens (tertiary/aromatic N) is 2. The fourth-order valence-corrected chi connectivity index (χ4v) is 2.19. The molecule has 3 rings (SSSR count). The van der Waals surface area contributed by atoms with Gasteiger partial charge in [0.15, 0.2) is 5.82 Å². The molecule has 110 valence electrons. The average molecular weight is 287 g/mol. The van der Waals surface area contributed by atoms with Crippen LogP contribution < -0.4 is 5.32 Å². The maximum Gasteiger partial charge on any atom is 0.257 e. The number of hydrogen-bond acceptors (Lipinski definition) is 5. The van der Waals surface area contributed by atoms with Gasteiger partial charge in [-0.1, -0.05) is 22.9 Å². The van der Waals surface area contributed by atoms with Crippen LogP contribution in [0.3, 0.4) is 0 Å². The third-order valence-electron chi connectivity index (χ3n) is 3.49. The van der Waals surface area contributed by atoms with Gasteiger partial charge in [0, 0.05) is 12.2 Å². The zero-order chi connectivity index (χ0) is 14.7. The maximum atomic E-state index is 11.9. The van der Waals surface area contributed by atoms with Crippen molar-refractivity contribution in [3.8, 4) is 11.5 Å². The Balaban J connectivity index is 1.60. The lowest BCUT2D eigenvalue weighted by atomic mass is 10.1. The molecule has 1 aliphatic rings. The number of carbonyl (C=O) groups is 1. The summed E-state index contributed by atoms with van der Waals surface area (Å²) in [7, 11) is 0. The number of rotatable bonds is 4. The van der Waals surface area contributed by atoms with Crippen LogP contribution in [-0.2, 0) is 16.1 Å². The molecule has 0 spiro atoms. The SMILES string of the molecule is Cc1ccc(-c2nc(CNC(=O)[C@@H]3CCOC3)no2)cc1. The van der Waals surface area contributed by atoms with Gasteiger partial charge in [0.1, 0.15) is 0 Å². The predicted molar refractivity (Wildman–Crippen MR) is 75.2 cm³/mol. The Labute approximate surface area is 122 Å². The zero-order valence-electron chi connectivity index (χ0n) is 11.8. The number of aryl methyl sites for hydroxylation is 1. The van der Waals surface area contributed by atoms with E-state index in [0.717, 1.165) is 12.0 Å². The molecule has 1 fully saturated rings. The number of nitrogens with one attached hydrogen (secondary N) is 1. The van der Waals surface area contributed by atoms with Crippen LogP contribution in [0.5, 0.6) is 0 Å². The minimum atomic E-state index is -0.0616. The lowest BCUT2D eigenvalue weighted by Gasteiger charge is -2.06. The molecular weight excluding hydrogens is 270 g/mol. The van der Waals surface area contributed by atoms with Crippen LogP contribution in [0.4, 0.5) is 0 Å². The summed E-state index contributed by atoms with van der Waals surface area (Å²) in [5.74, 6) is 0.851. The van der Waals surface area contributed by atoms with Crippen molar-refractivity contribution in [1.82, 2.24) is 15.5 Å². The second-order valence-corrected chi connectivity index (χ2v) is 5.16. The van der Waals surface area contributed by atoms with Gasteiger partial charge in [-0.2, -0.15) is 4.98 Å². The van der Waals surface area contributed by atoms with Crippen LogP contribution in [-0.4, -0.2) is 29.3 Å². The van der Waals surface area contributed by atoms with Crippen LogP contribution in [0, 0.1) is 12.8 Å². The third kappa shape index (κ3) is 3.28. The Hall–Kier alpha value is -2.21. The van der Waals surface area contributed by atoms with Crippen LogP contribution in [0.2, 0.25) is 0 Å². The standard InChI is InChI=1S/C15H17N3O3/c1-10-2-4-11(5-3-10)15-17-13(18-21-15)8-16-14(19)12-6-7-20-9-12/h2-5,12H,6-9H2,1H3,(H,16,19)/t12-/m1/s1. The molecule has 6 heteroatoms. The first-order chi connectivity index (χ1) is 10.2. The van der Waals surface area contributed by atoms with Crippen LogP contribution in [0.25, 0.3) is 11.5 Å². The molecule has 0 aliphatic carbocycles. The van der Waals surface area contributed by atoms with Gasteiger partial charge in [-0.15, -0.1) is 0 Å². The summed E-state index contributed by atoms with van der Waals surface area (Å²) in [4.78, 5) is 16.1. The largest absolute Gasteiger partial charge is 0.381 e. The van der Waals surface area contributed by atoms with Crippen molar-refractivity contribution in [2.45, 2.75) is 19.9 Å². The molecule has 0 unspecified atom stereocenters. The minimum absolute atomic E-state index is 0.0193. The van der Waals surface area contributed by atoms with E-state index < -0.39 is 0 Å². The summed E-state index contributed by atoms with van der Waals surface area (Å²) < 4.78 is 10.4. The first-order valence-electron chi connectivity index (χ1n) is 6.97. The maximum absolute atomic E-state index is 11.9. The average Bonchev–Trinajstić information content (AvgIpc) is 3.17. The molecule has 2 aromatic rings. The van der Waals surface area contributed by atoms with E-state index in [9.17, 15) is 4.79 Å². The highest BCUT2D eigenvalue weighted by molar-refractivity contribution is 5.78. The van der Waals surface area contributed by atoms with E-state index in [1.54, 1.807) is 0 Å². The number of hydrogen-bond donors (Lipinski definition) is 1. The number of amides is 1. The predicted octanol–water partition coefficient (Wildman–Crippen LogP) is 1.70.